The molecule has 102 valence electrons. The lowest BCUT2D eigenvalue weighted by atomic mass is 10.2. The lowest BCUT2D eigenvalue weighted by Gasteiger charge is -2.07. The smallest absolute Gasteiger partial charge is 0.144 e. The van der Waals surface area contributed by atoms with Gasteiger partial charge in [-0.1, -0.05) is 0 Å². The van der Waals surface area contributed by atoms with Crippen molar-refractivity contribution in [3.8, 4) is 22.9 Å². The molecule has 0 aliphatic rings. The first-order chi connectivity index (χ1) is 9.60. The molecule has 5 heteroatoms. The van der Waals surface area contributed by atoms with Crippen molar-refractivity contribution < 1.29 is 14.2 Å². The van der Waals surface area contributed by atoms with Crippen LogP contribution in [-0.4, -0.2) is 21.8 Å². The van der Waals surface area contributed by atoms with Crippen molar-refractivity contribution in [2.45, 2.75) is 0 Å². The third-order valence-corrected chi connectivity index (χ3v) is 3.29. The van der Waals surface area contributed by atoms with E-state index in [1.54, 1.807) is 18.2 Å². The van der Waals surface area contributed by atoms with Gasteiger partial charge in [0.1, 0.15) is 23.1 Å². The van der Waals surface area contributed by atoms with Gasteiger partial charge >= 0.3 is 0 Å². The van der Waals surface area contributed by atoms with E-state index < -0.39 is 0 Å². The Morgan fingerprint density at radius 3 is 2.70 bits per heavy atom. The quantitative estimate of drug-likeness (QED) is 0.779. The van der Waals surface area contributed by atoms with Crippen molar-refractivity contribution >= 4 is 11.0 Å². The normalized spacial score (nSPS) is 10.9. The van der Waals surface area contributed by atoms with Crippen LogP contribution in [0.15, 0.2) is 36.4 Å². The number of rotatable bonds is 2. The number of benzene rings is 2. The molecule has 0 fully saturated rings. The molecule has 3 aromatic rings. The highest BCUT2D eigenvalue weighted by Crippen LogP contribution is 2.33. The summed E-state index contributed by atoms with van der Waals surface area (Å²) in [5.41, 5.74) is 1.93. The molecule has 0 spiro atoms. The van der Waals surface area contributed by atoms with Crippen LogP contribution in [0.25, 0.3) is 22.4 Å². The fourth-order valence-electron chi connectivity index (χ4n) is 2.24. The molecule has 3 rings (SSSR count). The molecule has 0 unspecified atom stereocenters. The Hall–Kier alpha value is -2.56. The van der Waals surface area contributed by atoms with E-state index in [0.29, 0.717) is 22.7 Å². The van der Waals surface area contributed by atoms with Crippen LogP contribution in [-0.2, 0) is 7.05 Å². The fraction of sp³-hybridized carbons (Fsp3) is 0.133. The minimum Gasteiger partial charge on any atom is -0.507 e. The SMILES string of the molecule is COc1ccc(-c2nc3cc(F)ccc3n2C)c(O)c1. The summed E-state index contributed by atoms with van der Waals surface area (Å²) in [6.07, 6.45) is 0. The third kappa shape index (κ3) is 1.87. The highest BCUT2D eigenvalue weighted by atomic mass is 19.1. The number of fused-ring (bicyclic) bond motifs is 1. The Labute approximate surface area is 115 Å². The van der Waals surface area contributed by atoms with Gasteiger partial charge in [0.2, 0.25) is 0 Å². The summed E-state index contributed by atoms with van der Waals surface area (Å²) in [4.78, 5) is 4.38. The summed E-state index contributed by atoms with van der Waals surface area (Å²) in [5.74, 6) is 0.881. The highest BCUT2D eigenvalue weighted by molar-refractivity contribution is 5.82. The molecule has 20 heavy (non-hydrogen) atoms. The number of ether oxygens (including phenoxy) is 1. The second kappa shape index (κ2) is 4.52. The van der Waals surface area contributed by atoms with E-state index in [0.717, 1.165) is 5.52 Å². The van der Waals surface area contributed by atoms with E-state index in [1.807, 2.05) is 11.6 Å². The van der Waals surface area contributed by atoms with Crippen molar-refractivity contribution in [3.05, 3.63) is 42.2 Å². The second-order valence-corrected chi connectivity index (χ2v) is 4.51. The minimum atomic E-state index is -0.332. The van der Waals surface area contributed by atoms with Gasteiger partial charge in [-0.25, -0.2) is 9.37 Å². The summed E-state index contributed by atoms with van der Waals surface area (Å²) in [5, 5.41) is 10.1. The molecule has 2 aromatic carbocycles. The van der Waals surface area contributed by atoms with Gasteiger partial charge in [-0.15, -0.1) is 0 Å². The zero-order valence-electron chi connectivity index (χ0n) is 11.1. The number of aromatic nitrogens is 2. The molecule has 0 aliphatic heterocycles. The molecule has 0 bridgehead atoms. The van der Waals surface area contributed by atoms with Gasteiger partial charge in [0.25, 0.3) is 0 Å². The van der Waals surface area contributed by atoms with Gasteiger partial charge < -0.3 is 14.4 Å². The number of aryl methyl sites for hydroxylation is 1. The molecular formula is C15H13FN2O2. The maximum Gasteiger partial charge on any atom is 0.144 e. The molecule has 0 saturated carbocycles. The highest BCUT2D eigenvalue weighted by Gasteiger charge is 2.14. The number of imidazole rings is 1. The maximum absolute atomic E-state index is 13.2. The lowest BCUT2D eigenvalue weighted by molar-refractivity contribution is 0.408. The van der Waals surface area contributed by atoms with Crippen LogP contribution in [0.1, 0.15) is 0 Å². The fourth-order valence-corrected chi connectivity index (χ4v) is 2.24. The summed E-state index contributed by atoms with van der Waals surface area (Å²) in [7, 11) is 3.36. The van der Waals surface area contributed by atoms with E-state index in [4.69, 9.17) is 4.74 Å². The molecule has 0 radical (unpaired) electrons. The molecule has 4 nitrogen and oxygen atoms in total. The molecule has 0 aliphatic carbocycles. The third-order valence-electron chi connectivity index (χ3n) is 3.29. The Bertz CT molecular complexity index is 796. The zero-order valence-corrected chi connectivity index (χ0v) is 11.1. The monoisotopic (exact) mass is 272 g/mol. The van der Waals surface area contributed by atoms with E-state index in [-0.39, 0.29) is 11.6 Å². The van der Waals surface area contributed by atoms with Crippen LogP contribution in [0.2, 0.25) is 0 Å². The molecular weight excluding hydrogens is 259 g/mol. The van der Waals surface area contributed by atoms with Crippen molar-refractivity contribution in [2.24, 2.45) is 7.05 Å². The van der Waals surface area contributed by atoms with Gasteiger partial charge in [-0.2, -0.15) is 0 Å². The first kappa shape index (κ1) is 12.5. The van der Waals surface area contributed by atoms with E-state index in [2.05, 4.69) is 4.98 Å². The molecule has 0 amide bonds. The van der Waals surface area contributed by atoms with E-state index >= 15 is 0 Å². The van der Waals surface area contributed by atoms with Crippen molar-refractivity contribution in [1.29, 1.82) is 0 Å². The standard InChI is InChI=1S/C15H13FN2O2/c1-18-13-6-3-9(16)7-12(13)17-15(18)11-5-4-10(20-2)8-14(11)19/h3-8,19H,1-2H3. The summed E-state index contributed by atoms with van der Waals surface area (Å²) in [6.45, 7) is 0. The van der Waals surface area contributed by atoms with Crippen LogP contribution in [0.3, 0.4) is 0 Å². The number of phenols is 1. The van der Waals surface area contributed by atoms with Crippen LogP contribution >= 0.6 is 0 Å². The molecule has 0 saturated heterocycles. The number of phenolic OH excluding ortho intramolecular Hbond substituents is 1. The average Bonchev–Trinajstić information content (AvgIpc) is 2.75. The van der Waals surface area contributed by atoms with Crippen molar-refractivity contribution in [3.63, 3.8) is 0 Å². The maximum atomic E-state index is 13.2. The Kier molecular flexibility index (Phi) is 2.82. The molecule has 1 N–H and O–H groups in total. The van der Waals surface area contributed by atoms with Gasteiger partial charge in [0.05, 0.1) is 23.7 Å². The van der Waals surface area contributed by atoms with Crippen molar-refractivity contribution in [2.75, 3.05) is 7.11 Å². The topological polar surface area (TPSA) is 47.3 Å². The summed E-state index contributed by atoms with van der Waals surface area (Å²) >= 11 is 0. The average molecular weight is 272 g/mol. The van der Waals surface area contributed by atoms with Crippen LogP contribution in [0.5, 0.6) is 11.5 Å². The lowest BCUT2D eigenvalue weighted by Crippen LogP contribution is -1.93. The van der Waals surface area contributed by atoms with E-state index in [1.165, 1.54) is 25.3 Å². The van der Waals surface area contributed by atoms with E-state index in [9.17, 15) is 9.50 Å². The first-order valence-corrected chi connectivity index (χ1v) is 6.09. The van der Waals surface area contributed by atoms with Gasteiger partial charge in [-0.3, -0.25) is 0 Å². The number of nitrogens with zero attached hydrogens (tertiary/aromatic N) is 2. The molecule has 1 heterocycles. The van der Waals surface area contributed by atoms with Crippen LogP contribution in [0, 0.1) is 5.82 Å². The number of halogens is 1. The van der Waals surface area contributed by atoms with Gasteiger partial charge in [-0.05, 0) is 24.3 Å². The van der Waals surface area contributed by atoms with Gasteiger partial charge in [0, 0.05) is 19.2 Å². The Morgan fingerprint density at radius 2 is 2.00 bits per heavy atom. The number of methoxy groups -OCH3 is 1. The molecule has 0 atom stereocenters. The van der Waals surface area contributed by atoms with Crippen molar-refractivity contribution in [1.82, 2.24) is 9.55 Å². The predicted molar refractivity (Wildman–Crippen MR) is 74.3 cm³/mol. The predicted octanol–water partition coefficient (Wildman–Crippen LogP) is 3.09. The number of hydrogen-bond acceptors (Lipinski definition) is 3. The Balaban J connectivity index is 2.21. The Morgan fingerprint density at radius 1 is 1.20 bits per heavy atom. The largest absolute Gasteiger partial charge is 0.507 e. The summed E-state index contributed by atoms with van der Waals surface area (Å²) < 4.78 is 20.1. The minimum absolute atomic E-state index is 0.0724. The second-order valence-electron chi connectivity index (χ2n) is 4.51. The molecule has 1 aromatic heterocycles. The van der Waals surface area contributed by atoms with Gasteiger partial charge in [0.15, 0.2) is 0 Å². The first-order valence-electron chi connectivity index (χ1n) is 6.09. The van der Waals surface area contributed by atoms with Crippen LogP contribution in [0.4, 0.5) is 4.39 Å². The van der Waals surface area contributed by atoms with Crippen LogP contribution < -0.4 is 4.74 Å². The number of hydrogen-bond donors (Lipinski definition) is 1. The zero-order chi connectivity index (χ0) is 14.3. The number of aromatic hydroxyl groups is 1. The summed E-state index contributed by atoms with van der Waals surface area (Å²) in [6, 6.07) is 9.43.